The molecule has 4 aliphatic rings. The summed E-state index contributed by atoms with van der Waals surface area (Å²) in [4.78, 5) is 12.1. The van der Waals surface area contributed by atoms with Crippen LogP contribution in [0.2, 0.25) is 0 Å². The second kappa shape index (κ2) is 10.8. The lowest BCUT2D eigenvalue weighted by atomic mass is 10.1. The molecule has 4 aliphatic heterocycles. The van der Waals surface area contributed by atoms with Gasteiger partial charge in [-0.2, -0.15) is 0 Å². The molecule has 0 amide bonds. The second-order valence-corrected chi connectivity index (χ2v) is 9.15. The van der Waals surface area contributed by atoms with E-state index >= 15 is 0 Å². The number of hydrogen-bond donors (Lipinski definition) is 0. The Bertz CT molecular complexity index is 773. The summed E-state index contributed by atoms with van der Waals surface area (Å²) in [6.07, 6.45) is 5.91. The quantitative estimate of drug-likeness (QED) is 0.237. The Hall–Kier alpha value is -1.55. The van der Waals surface area contributed by atoms with Crippen molar-refractivity contribution in [2.45, 2.75) is 94.7 Å². The fourth-order valence-electron chi connectivity index (χ4n) is 4.59. The first-order valence-corrected chi connectivity index (χ1v) is 12.3. The summed E-state index contributed by atoms with van der Waals surface area (Å²) in [5.41, 5.74) is 0.516. The van der Waals surface area contributed by atoms with Crippen molar-refractivity contribution < 1.29 is 38.0 Å². The zero-order valence-electron chi connectivity index (χ0n) is 19.1. The van der Waals surface area contributed by atoms with E-state index in [4.69, 9.17) is 33.2 Å². The van der Waals surface area contributed by atoms with E-state index in [0.29, 0.717) is 18.8 Å². The van der Waals surface area contributed by atoms with E-state index in [9.17, 15) is 4.79 Å². The Morgan fingerprint density at radius 2 is 1.39 bits per heavy atom. The number of carbonyl (C=O) groups excluding carboxylic acids is 1. The number of esters is 1. The van der Waals surface area contributed by atoms with Gasteiger partial charge in [0, 0.05) is 6.61 Å². The second-order valence-electron chi connectivity index (χ2n) is 9.15. The zero-order valence-corrected chi connectivity index (χ0v) is 19.1. The van der Waals surface area contributed by atoms with Crippen molar-refractivity contribution >= 4 is 5.97 Å². The number of ether oxygens (including phenoxy) is 7. The van der Waals surface area contributed by atoms with E-state index in [1.165, 1.54) is 32.1 Å². The number of rotatable bonds is 14. The van der Waals surface area contributed by atoms with E-state index < -0.39 is 6.29 Å². The van der Waals surface area contributed by atoms with Gasteiger partial charge >= 0.3 is 5.97 Å². The SMILES string of the molecule is CCCCCCCCO[C@H]1O[C@H](CO[C@H]2O[C@H](COC(=O)c3ccccc3)[C@@H]3O[C@H]23)[C@@H]2O[C@H]12. The Kier molecular flexibility index (Phi) is 7.59. The number of unbranched alkanes of at least 4 members (excludes halogenated alkanes) is 5. The Morgan fingerprint density at radius 3 is 2.12 bits per heavy atom. The average molecular weight is 463 g/mol. The van der Waals surface area contributed by atoms with E-state index in [1.807, 2.05) is 6.07 Å². The molecule has 0 unspecified atom stereocenters. The van der Waals surface area contributed by atoms with Crippen LogP contribution in [0, 0.1) is 0 Å². The highest BCUT2D eigenvalue weighted by atomic mass is 16.8. The monoisotopic (exact) mass is 462 g/mol. The molecule has 0 saturated carbocycles. The molecular weight excluding hydrogens is 428 g/mol. The van der Waals surface area contributed by atoms with Crippen LogP contribution in [0.3, 0.4) is 0 Å². The summed E-state index contributed by atoms with van der Waals surface area (Å²) in [6, 6.07) is 8.90. The fraction of sp³-hybridized carbons (Fsp3) is 0.720. The van der Waals surface area contributed by atoms with E-state index in [-0.39, 0.29) is 55.5 Å². The minimum absolute atomic E-state index is 0.0123. The van der Waals surface area contributed by atoms with Crippen molar-refractivity contribution in [3.63, 3.8) is 0 Å². The molecule has 0 aromatic heterocycles. The van der Waals surface area contributed by atoms with Gasteiger partial charge in [-0.1, -0.05) is 57.2 Å². The topological polar surface area (TPSA) is 88.3 Å². The highest BCUT2D eigenvalue weighted by molar-refractivity contribution is 5.89. The predicted molar refractivity (Wildman–Crippen MR) is 117 cm³/mol. The zero-order chi connectivity index (χ0) is 22.6. The molecule has 0 N–H and O–H groups in total. The highest BCUT2D eigenvalue weighted by Gasteiger charge is 2.61. The van der Waals surface area contributed by atoms with Gasteiger partial charge in [-0.25, -0.2) is 4.79 Å². The van der Waals surface area contributed by atoms with Crippen LogP contribution in [-0.2, 0) is 33.2 Å². The van der Waals surface area contributed by atoms with Gasteiger partial charge in [-0.3, -0.25) is 0 Å². The van der Waals surface area contributed by atoms with Gasteiger partial charge in [0.05, 0.1) is 12.2 Å². The number of epoxide rings is 2. The largest absolute Gasteiger partial charge is 0.459 e. The molecule has 33 heavy (non-hydrogen) atoms. The van der Waals surface area contributed by atoms with E-state index in [0.717, 1.165) is 6.42 Å². The molecule has 0 spiro atoms. The van der Waals surface area contributed by atoms with Gasteiger partial charge < -0.3 is 33.2 Å². The first-order chi connectivity index (χ1) is 16.2. The molecule has 4 fully saturated rings. The van der Waals surface area contributed by atoms with Gasteiger partial charge in [0.1, 0.15) is 43.2 Å². The fourth-order valence-corrected chi connectivity index (χ4v) is 4.59. The molecule has 5 rings (SSSR count). The first kappa shape index (κ1) is 23.2. The van der Waals surface area contributed by atoms with Crippen LogP contribution in [0.1, 0.15) is 55.8 Å². The minimum Gasteiger partial charge on any atom is -0.459 e. The molecule has 4 saturated heterocycles. The first-order valence-electron chi connectivity index (χ1n) is 12.3. The third-order valence-electron chi connectivity index (χ3n) is 6.60. The number of fused-ring (bicyclic) bond motifs is 2. The van der Waals surface area contributed by atoms with Crippen LogP contribution in [0.5, 0.6) is 0 Å². The minimum atomic E-state index is -0.487. The van der Waals surface area contributed by atoms with Crippen molar-refractivity contribution in [3.05, 3.63) is 35.9 Å². The van der Waals surface area contributed by atoms with Gasteiger partial charge in [0.15, 0.2) is 12.6 Å². The average Bonchev–Trinajstić information content (AvgIpc) is 3.75. The lowest BCUT2D eigenvalue weighted by Gasteiger charge is -2.21. The summed E-state index contributed by atoms with van der Waals surface area (Å²) in [7, 11) is 0. The van der Waals surface area contributed by atoms with E-state index in [1.54, 1.807) is 24.3 Å². The summed E-state index contributed by atoms with van der Waals surface area (Å²) < 4.78 is 40.5. The molecule has 0 aliphatic carbocycles. The smallest absolute Gasteiger partial charge is 0.338 e. The lowest BCUT2D eigenvalue weighted by Crippen LogP contribution is -2.32. The van der Waals surface area contributed by atoms with Crippen LogP contribution in [0.4, 0.5) is 0 Å². The van der Waals surface area contributed by atoms with Crippen LogP contribution < -0.4 is 0 Å². The summed E-state index contributed by atoms with van der Waals surface area (Å²) in [6.45, 7) is 3.41. The maximum atomic E-state index is 12.1. The molecule has 1 aromatic carbocycles. The molecule has 182 valence electrons. The highest BCUT2D eigenvalue weighted by Crippen LogP contribution is 2.42. The maximum Gasteiger partial charge on any atom is 0.338 e. The summed E-state index contributed by atoms with van der Waals surface area (Å²) in [5.74, 6) is -0.371. The Balaban J connectivity index is 0.973. The summed E-state index contributed by atoms with van der Waals surface area (Å²) in [5, 5.41) is 0. The molecule has 8 atom stereocenters. The van der Waals surface area contributed by atoms with Crippen LogP contribution >= 0.6 is 0 Å². The molecule has 0 bridgehead atoms. The Labute approximate surface area is 194 Å². The van der Waals surface area contributed by atoms with Gasteiger partial charge in [-0.15, -0.1) is 0 Å². The molecule has 1 aromatic rings. The van der Waals surface area contributed by atoms with Crippen molar-refractivity contribution in [2.24, 2.45) is 0 Å². The van der Waals surface area contributed by atoms with Gasteiger partial charge in [0.2, 0.25) is 0 Å². The molecule has 8 nitrogen and oxygen atoms in total. The van der Waals surface area contributed by atoms with Gasteiger partial charge in [-0.05, 0) is 18.6 Å². The van der Waals surface area contributed by atoms with Crippen LogP contribution in [0.15, 0.2) is 30.3 Å². The van der Waals surface area contributed by atoms with E-state index in [2.05, 4.69) is 6.92 Å². The predicted octanol–water partition coefficient (Wildman–Crippen LogP) is 3.22. The number of carbonyl (C=O) groups is 1. The van der Waals surface area contributed by atoms with Crippen molar-refractivity contribution in [1.82, 2.24) is 0 Å². The van der Waals surface area contributed by atoms with Gasteiger partial charge in [0.25, 0.3) is 0 Å². The van der Waals surface area contributed by atoms with Crippen molar-refractivity contribution in [3.8, 4) is 0 Å². The van der Waals surface area contributed by atoms with Crippen LogP contribution in [-0.4, -0.2) is 75.0 Å². The number of benzene rings is 1. The lowest BCUT2D eigenvalue weighted by molar-refractivity contribution is -0.219. The molecule has 0 radical (unpaired) electrons. The van der Waals surface area contributed by atoms with Crippen molar-refractivity contribution in [1.29, 1.82) is 0 Å². The van der Waals surface area contributed by atoms with Crippen molar-refractivity contribution in [2.75, 3.05) is 19.8 Å². The molecular formula is C25H34O8. The summed E-state index contributed by atoms with van der Waals surface area (Å²) >= 11 is 0. The Morgan fingerprint density at radius 1 is 0.758 bits per heavy atom. The van der Waals surface area contributed by atoms with Crippen LogP contribution in [0.25, 0.3) is 0 Å². The number of hydrogen-bond acceptors (Lipinski definition) is 8. The third kappa shape index (κ3) is 5.75. The molecule has 8 heteroatoms. The standard InChI is InChI=1S/C25H34O8/c1-2-3-4-5-6-10-13-27-24-21-20(32-21)18(30-24)15-29-25-22-19(33-22)17(31-25)14-28-23(26)16-11-8-7-9-12-16/h7-9,11-12,17-22,24-25H,2-6,10,13-15H2,1H3/t17-,18-,19+,20+,21+,22+,24+,25+/m1/s1. The molecule has 4 heterocycles. The maximum absolute atomic E-state index is 12.1. The third-order valence-corrected chi connectivity index (χ3v) is 6.60. The normalized spacial score (nSPS) is 35.8.